The van der Waals surface area contributed by atoms with Crippen molar-refractivity contribution >= 4 is 29.6 Å². The summed E-state index contributed by atoms with van der Waals surface area (Å²) >= 11 is 0. The zero-order valence-corrected chi connectivity index (χ0v) is 23.6. The van der Waals surface area contributed by atoms with Crippen molar-refractivity contribution in [2.45, 2.75) is 53.1 Å². The molecule has 0 spiro atoms. The van der Waals surface area contributed by atoms with Gasteiger partial charge in [0.15, 0.2) is 0 Å². The molecule has 0 saturated carbocycles. The maximum atomic E-state index is 13.3. The molecule has 1 aromatic carbocycles. The number of ether oxygens (including phenoxy) is 2. The average Bonchev–Trinajstić information content (AvgIpc) is 3.47. The normalized spacial score (nSPS) is 24.6. The van der Waals surface area contributed by atoms with E-state index in [2.05, 4.69) is 24.9 Å². The van der Waals surface area contributed by atoms with E-state index in [1.54, 1.807) is 6.20 Å². The highest BCUT2D eigenvalue weighted by molar-refractivity contribution is 6.16. The number of rotatable bonds is 6. The van der Waals surface area contributed by atoms with Crippen molar-refractivity contribution in [3.63, 3.8) is 0 Å². The van der Waals surface area contributed by atoms with E-state index >= 15 is 0 Å². The molecular weight excluding hydrogens is 508 g/mol. The Morgan fingerprint density at radius 1 is 1.18 bits per heavy atom. The minimum Gasteiger partial charge on any atom is -0.507 e. The van der Waals surface area contributed by atoms with Gasteiger partial charge in [0.2, 0.25) is 11.8 Å². The molecule has 3 aliphatic rings. The Morgan fingerprint density at radius 2 is 1.90 bits per heavy atom. The predicted molar refractivity (Wildman–Crippen MR) is 150 cm³/mol. The lowest BCUT2D eigenvalue weighted by Crippen LogP contribution is -2.38. The minimum atomic E-state index is -0.919. The number of methoxy groups -OCH3 is 1. The Labute approximate surface area is 234 Å². The Hall–Kier alpha value is -3.78. The minimum absolute atomic E-state index is 0.173. The molecule has 0 bridgehead atoms. The summed E-state index contributed by atoms with van der Waals surface area (Å²) in [6.45, 7) is 8.31. The number of allylic oxidation sites excluding steroid dienone is 2. The molecule has 2 saturated heterocycles. The average molecular weight is 545 g/mol. The maximum absolute atomic E-state index is 13.3. The fraction of sp³-hybridized carbons (Fsp3) is 0.438. The Kier molecular flexibility index (Phi) is 7.64. The molecule has 2 aromatic rings. The van der Waals surface area contributed by atoms with Crippen LogP contribution < -0.4 is 0 Å². The van der Waals surface area contributed by atoms with Crippen LogP contribution in [0.25, 0.3) is 11.6 Å². The molecule has 1 N–H and O–H groups in total. The molecule has 4 atom stereocenters. The second kappa shape index (κ2) is 11.0. The molecule has 5 rings (SSSR count). The number of aromatic hydroxyl groups is 1. The van der Waals surface area contributed by atoms with Gasteiger partial charge in [0, 0.05) is 12.1 Å². The lowest BCUT2D eigenvalue weighted by Gasteiger charge is -2.33. The van der Waals surface area contributed by atoms with E-state index in [4.69, 9.17) is 9.47 Å². The summed E-state index contributed by atoms with van der Waals surface area (Å²) in [5, 5.41) is 10.2. The van der Waals surface area contributed by atoms with Crippen LogP contribution >= 0.6 is 0 Å². The van der Waals surface area contributed by atoms with Crippen molar-refractivity contribution in [2.24, 2.45) is 23.7 Å². The number of imide groups is 3. The number of phenols is 1. The first-order valence-corrected chi connectivity index (χ1v) is 13.8. The van der Waals surface area contributed by atoms with Crippen LogP contribution in [0.1, 0.15) is 55.5 Å². The van der Waals surface area contributed by atoms with Crippen LogP contribution in [-0.4, -0.2) is 52.7 Å². The summed E-state index contributed by atoms with van der Waals surface area (Å²) in [4.78, 5) is 44.0. The van der Waals surface area contributed by atoms with E-state index in [9.17, 15) is 19.5 Å². The predicted octanol–water partition coefficient (Wildman–Crippen LogP) is 5.46. The number of benzene rings is 1. The zero-order valence-electron chi connectivity index (χ0n) is 23.6. The lowest BCUT2D eigenvalue weighted by molar-refractivity contribution is -0.137. The first-order chi connectivity index (χ1) is 19.1. The molecule has 8 nitrogen and oxygen atoms in total. The van der Waals surface area contributed by atoms with Gasteiger partial charge in [-0.15, -0.1) is 0 Å². The Bertz CT molecular complexity index is 1390. The van der Waals surface area contributed by atoms with E-state index < -0.39 is 29.7 Å². The van der Waals surface area contributed by atoms with E-state index in [0.29, 0.717) is 36.5 Å². The van der Waals surface area contributed by atoms with Crippen molar-refractivity contribution in [1.82, 2.24) is 9.88 Å². The summed E-state index contributed by atoms with van der Waals surface area (Å²) < 4.78 is 11.1. The van der Waals surface area contributed by atoms with Crippen LogP contribution in [0.4, 0.5) is 4.79 Å². The van der Waals surface area contributed by atoms with Crippen LogP contribution in [0.3, 0.4) is 0 Å². The fourth-order valence-corrected chi connectivity index (χ4v) is 6.62. The van der Waals surface area contributed by atoms with Crippen LogP contribution in [0.2, 0.25) is 0 Å². The van der Waals surface area contributed by atoms with Gasteiger partial charge in [0.05, 0.1) is 37.4 Å². The smallest absolute Gasteiger partial charge is 0.423 e. The summed E-state index contributed by atoms with van der Waals surface area (Å²) in [5.41, 5.74) is 6.78. The molecule has 2 aliphatic heterocycles. The zero-order chi connectivity index (χ0) is 28.7. The number of carbonyl (C=O) groups is 3. The van der Waals surface area contributed by atoms with Crippen molar-refractivity contribution in [3.05, 3.63) is 70.1 Å². The number of aromatic nitrogens is 1. The molecule has 210 valence electrons. The molecule has 1 aromatic heterocycles. The van der Waals surface area contributed by atoms with Crippen molar-refractivity contribution < 1.29 is 29.0 Å². The van der Waals surface area contributed by atoms with Gasteiger partial charge in [-0.3, -0.25) is 14.6 Å². The van der Waals surface area contributed by atoms with E-state index in [-0.39, 0.29) is 17.9 Å². The third-order valence-corrected chi connectivity index (χ3v) is 8.52. The third kappa shape index (κ3) is 4.85. The lowest BCUT2D eigenvalue weighted by atomic mass is 9.67. The number of hydrogen-bond donors (Lipinski definition) is 1. The first kappa shape index (κ1) is 27.8. The van der Waals surface area contributed by atoms with Crippen LogP contribution in [0, 0.1) is 37.5 Å². The van der Waals surface area contributed by atoms with Crippen LogP contribution in [0.15, 0.2) is 47.7 Å². The quantitative estimate of drug-likeness (QED) is 0.380. The number of likely N-dealkylation sites (tertiary alicyclic amines) is 1. The molecule has 40 heavy (non-hydrogen) atoms. The number of carbonyl (C=O) groups excluding carboxylic acids is 3. The van der Waals surface area contributed by atoms with Crippen LogP contribution in [0.5, 0.6) is 5.75 Å². The van der Waals surface area contributed by atoms with Crippen LogP contribution in [-0.2, 0) is 19.1 Å². The monoisotopic (exact) mass is 544 g/mol. The van der Waals surface area contributed by atoms with Crippen molar-refractivity contribution in [2.75, 3.05) is 13.7 Å². The number of hydrogen-bond acceptors (Lipinski definition) is 7. The second-order valence-electron chi connectivity index (χ2n) is 11.3. The third-order valence-electron chi connectivity index (χ3n) is 8.52. The highest BCUT2D eigenvalue weighted by Crippen LogP contribution is 2.51. The van der Waals surface area contributed by atoms with Gasteiger partial charge < -0.3 is 14.6 Å². The Balaban J connectivity index is 1.45. The SMILES string of the molecule is COC(=O)N1C(=O)[C@@H]2[C@@H](CC(C(C)C)=C3[C@@H](CC/C(=C/c4cc(C)c(O)c(C)c4)c4ccccn4)OC[C@@H]32)C1=O. The molecule has 0 radical (unpaired) electrons. The van der Waals surface area contributed by atoms with Gasteiger partial charge in [-0.2, -0.15) is 4.90 Å². The fourth-order valence-electron chi connectivity index (χ4n) is 6.62. The number of nitrogens with zero attached hydrogens (tertiary/aromatic N) is 2. The molecule has 3 heterocycles. The van der Waals surface area contributed by atoms with Crippen molar-refractivity contribution in [3.8, 4) is 5.75 Å². The van der Waals surface area contributed by atoms with Gasteiger partial charge in [-0.1, -0.05) is 25.5 Å². The highest BCUT2D eigenvalue weighted by Gasteiger charge is 2.59. The number of pyridine rings is 1. The van der Waals surface area contributed by atoms with Gasteiger partial charge >= 0.3 is 6.09 Å². The first-order valence-electron chi connectivity index (χ1n) is 13.8. The summed E-state index contributed by atoms with van der Waals surface area (Å²) in [6, 6.07) is 9.75. The van der Waals surface area contributed by atoms with Crippen molar-refractivity contribution in [1.29, 1.82) is 0 Å². The molecular formula is C32H36N2O6. The van der Waals surface area contributed by atoms with E-state index in [1.165, 1.54) is 7.11 Å². The standard InChI is InChI=1S/C32H36N2O6/c1-17(2)22-15-23-28(31(37)34(30(23)36)32(38)39-5)24-16-40-26(27(22)24)10-9-21(25-8-6-7-11-33-25)14-20-12-18(3)29(35)19(4)13-20/h6-8,11-14,17,23-24,26,28,35H,9-10,15-16H2,1-5H3/b21-14-/t23-,24+,26-,28-/m1/s1. The number of amides is 3. The topological polar surface area (TPSA) is 106 Å². The maximum Gasteiger partial charge on any atom is 0.423 e. The highest BCUT2D eigenvalue weighted by atomic mass is 16.5. The van der Waals surface area contributed by atoms with E-state index in [0.717, 1.165) is 39.1 Å². The summed E-state index contributed by atoms with van der Waals surface area (Å²) in [5.74, 6) is -1.89. The molecule has 0 unspecified atom stereocenters. The second-order valence-corrected chi connectivity index (χ2v) is 11.3. The van der Waals surface area contributed by atoms with Gasteiger partial charge in [-0.05, 0) is 97.2 Å². The number of aryl methyl sites for hydroxylation is 2. The van der Waals surface area contributed by atoms with Gasteiger partial charge in [-0.25, -0.2) is 4.79 Å². The number of phenolic OH excluding ortho intramolecular Hbond substituents is 1. The largest absolute Gasteiger partial charge is 0.507 e. The van der Waals surface area contributed by atoms with E-state index in [1.807, 2.05) is 44.2 Å². The number of fused-ring (bicyclic) bond motifs is 3. The Morgan fingerprint density at radius 3 is 2.52 bits per heavy atom. The molecule has 3 amide bonds. The summed E-state index contributed by atoms with van der Waals surface area (Å²) in [7, 11) is 1.18. The molecule has 2 fully saturated rings. The van der Waals surface area contributed by atoms with Gasteiger partial charge in [0.25, 0.3) is 0 Å². The molecule has 8 heteroatoms. The van der Waals surface area contributed by atoms with Gasteiger partial charge in [0.1, 0.15) is 5.75 Å². The molecule has 1 aliphatic carbocycles. The summed E-state index contributed by atoms with van der Waals surface area (Å²) in [6.07, 6.45) is 4.57.